The quantitative estimate of drug-likeness (QED) is 0.728. The summed E-state index contributed by atoms with van der Waals surface area (Å²) in [6, 6.07) is 11.8. The van der Waals surface area contributed by atoms with Crippen LogP contribution in [-0.2, 0) is 6.54 Å². The van der Waals surface area contributed by atoms with Crippen LogP contribution < -0.4 is 5.32 Å². The van der Waals surface area contributed by atoms with Crippen LogP contribution in [0.2, 0.25) is 0 Å². The molecule has 0 aliphatic carbocycles. The van der Waals surface area contributed by atoms with Crippen molar-refractivity contribution in [2.45, 2.75) is 6.54 Å². The number of benzene rings is 2. The Bertz CT molecular complexity index is 719. The molecule has 1 aromatic heterocycles. The van der Waals surface area contributed by atoms with Crippen molar-refractivity contribution in [3.05, 3.63) is 65.9 Å². The predicted octanol–water partition coefficient (Wildman–Crippen LogP) is 4.06. The van der Waals surface area contributed by atoms with Gasteiger partial charge in [0, 0.05) is 29.3 Å². The molecule has 0 saturated heterocycles. The highest BCUT2D eigenvalue weighted by molar-refractivity contribution is 5.82. The number of anilines is 1. The Labute approximate surface area is 109 Å². The highest BCUT2D eigenvalue weighted by atomic mass is 19.2. The molecular formula is C15H12F2N2. The number of nitrogens with one attached hydrogen (secondary N) is 2. The molecule has 19 heavy (non-hydrogen) atoms. The molecular weight excluding hydrogens is 246 g/mol. The normalized spacial score (nSPS) is 10.8. The fraction of sp³-hybridized carbons (Fsp3) is 0.0667. The van der Waals surface area contributed by atoms with E-state index in [4.69, 9.17) is 0 Å². The van der Waals surface area contributed by atoms with E-state index in [1.165, 1.54) is 6.07 Å². The third-order valence-electron chi connectivity index (χ3n) is 3.03. The summed E-state index contributed by atoms with van der Waals surface area (Å²) in [5.41, 5.74) is 2.71. The molecule has 2 nitrogen and oxygen atoms in total. The van der Waals surface area contributed by atoms with Crippen molar-refractivity contribution in [2.75, 3.05) is 5.32 Å². The zero-order valence-corrected chi connectivity index (χ0v) is 10.1. The lowest BCUT2D eigenvalue weighted by molar-refractivity contribution is 0.507. The van der Waals surface area contributed by atoms with Gasteiger partial charge in [-0.3, -0.25) is 0 Å². The van der Waals surface area contributed by atoms with Gasteiger partial charge in [-0.25, -0.2) is 8.78 Å². The number of aromatic amines is 1. The van der Waals surface area contributed by atoms with Crippen molar-refractivity contribution < 1.29 is 8.78 Å². The van der Waals surface area contributed by atoms with Crippen LogP contribution in [0.5, 0.6) is 0 Å². The fourth-order valence-corrected chi connectivity index (χ4v) is 2.02. The van der Waals surface area contributed by atoms with Gasteiger partial charge in [0.2, 0.25) is 0 Å². The van der Waals surface area contributed by atoms with E-state index in [0.29, 0.717) is 12.1 Å². The van der Waals surface area contributed by atoms with E-state index in [1.54, 1.807) is 6.07 Å². The number of fused-ring (bicyclic) bond motifs is 1. The Morgan fingerprint density at radius 1 is 0.947 bits per heavy atom. The monoisotopic (exact) mass is 258 g/mol. The van der Waals surface area contributed by atoms with Crippen molar-refractivity contribution in [3.8, 4) is 0 Å². The molecule has 0 radical (unpaired) electrons. The summed E-state index contributed by atoms with van der Waals surface area (Å²) >= 11 is 0. The number of H-pyrrole nitrogens is 1. The van der Waals surface area contributed by atoms with Crippen LogP contribution in [-0.4, -0.2) is 4.98 Å². The van der Waals surface area contributed by atoms with E-state index in [2.05, 4.69) is 10.3 Å². The first-order chi connectivity index (χ1) is 9.22. The smallest absolute Gasteiger partial charge is 0.159 e. The molecule has 2 N–H and O–H groups in total. The van der Waals surface area contributed by atoms with Crippen molar-refractivity contribution in [3.63, 3.8) is 0 Å². The third-order valence-corrected chi connectivity index (χ3v) is 3.03. The van der Waals surface area contributed by atoms with Gasteiger partial charge in [-0.1, -0.05) is 6.07 Å². The lowest BCUT2D eigenvalue weighted by atomic mass is 10.2. The van der Waals surface area contributed by atoms with Gasteiger partial charge in [-0.05, 0) is 42.0 Å². The first-order valence-electron chi connectivity index (χ1n) is 5.97. The van der Waals surface area contributed by atoms with Crippen LogP contribution in [0.3, 0.4) is 0 Å². The first kappa shape index (κ1) is 11.7. The highest BCUT2D eigenvalue weighted by Crippen LogP contribution is 2.18. The maximum absolute atomic E-state index is 13.1. The van der Waals surface area contributed by atoms with Gasteiger partial charge < -0.3 is 10.3 Å². The molecule has 2 aromatic carbocycles. The van der Waals surface area contributed by atoms with E-state index >= 15 is 0 Å². The van der Waals surface area contributed by atoms with E-state index < -0.39 is 11.6 Å². The molecule has 0 saturated carbocycles. The number of rotatable bonds is 3. The van der Waals surface area contributed by atoms with Crippen molar-refractivity contribution in [2.24, 2.45) is 0 Å². The van der Waals surface area contributed by atoms with Crippen molar-refractivity contribution >= 4 is 16.6 Å². The Hall–Kier alpha value is -2.36. The maximum atomic E-state index is 13.1. The highest BCUT2D eigenvalue weighted by Gasteiger charge is 2.02. The van der Waals surface area contributed by atoms with Gasteiger partial charge in [-0.15, -0.1) is 0 Å². The standard InChI is InChI=1S/C15H12F2N2/c16-13-3-1-10(7-14(13)17)9-19-12-2-4-15-11(8-12)5-6-18-15/h1-8,18-19H,9H2. The number of aromatic nitrogens is 1. The lowest BCUT2D eigenvalue weighted by Gasteiger charge is -2.07. The minimum Gasteiger partial charge on any atom is -0.381 e. The van der Waals surface area contributed by atoms with Crippen LogP contribution >= 0.6 is 0 Å². The van der Waals surface area contributed by atoms with Crippen LogP contribution in [0.25, 0.3) is 10.9 Å². The van der Waals surface area contributed by atoms with Crippen LogP contribution in [0.4, 0.5) is 14.5 Å². The number of halogens is 2. The van der Waals surface area contributed by atoms with Gasteiger partial charge in [-0.2, -0.15) is 0 Å². The molecule has 1 heterocycles. The SMILES string of the molecule is Fc1ccc(CNc2ccc3[nH]ccc3c2)cc1F. The first-order valence-corrected chi connectivity index (χ1v) is 5.97. The van der Waals surface area contributed by atoms with Gasteiger partial charge >= 0.3 is 0 Å². The molecule has 4 heteroatoms. The molecule has 0 unspecified atom stereocenters. The second kappa shape index (κ2) is 4.72. The van der Waals surface area contributed by atoms with Crippen LogP contribution in [0.1, 0.15) is 5.56 Å². The lowest BCUT2D eigenvalue weighted by Crippen LogP contribution is -2.00. The summed E-state index contributed by atoms with van der Waals surface area (Å²) in [5.74, 6) is -1.64. The molecule has 0 bridgehead atoms. The summed E-state index contributed by atoms with van der Waals surface area (Å²) < 4.78 is 25.9. The molecule has 3 rings (SSSR count). The molecule has 3 aromatic rings. The van der Waals surface area contributed by atoms with Gasteiger partial charge in [0.05, 0.1) is 0 Å². The molecule has 0 amide bonds. The zero-order chi connectivity index (χ0) is 13.2. The van der Waals surface area contributed by atoms with Crippen LogP contribution in [0.15, 0.2) is 48.7 Å². The third kappa shape index (κ3) is 2.42. The Balaban J connectivity index is 1.75. The molecule has 0 aliphatic heterocycles. The summed E-state index contributed by atoms with van der Waals surface area (Å²) in [6.07, 6.45) is 1.88. The van der Waals surface area contributed by atoms with Crippen molar-refractivity contribution in [1.82, 2.24) is 4.98 Å². The van der Waals surface area contributed by atoms with E-state index in [9.17, 15) is 8.78 Å². The zero-order valence-electron chi connectivity index (χ0n) is 10.1. The average molecular weight is 258 g/mol. The Kier molecular flexibility index (Phi) is 2.91. The van der Waals surface area contributed by atoms with Crippen molar-refractivity contribution in [1.29, 1.82) is 0 Å². The fourth-order valence-electron chi connectivity index (χ4n) is 2.02. The topological polar surface area (TPSA) is 27.8 Å². The second-order valence-corrected chi connectivity index (χ2v) is 4.38. The molecule has 0 aliphatic rings. The van der Waals surface area contributed by atoms with Gasteiger partial charge in [0.15, 0.2) is 11.6 Å². The summed E-state index contributed by atoms with van der Waals surface area (Å²) in [6.45, 7) is 0.452. The summed E-state index contributed by atoms with van der Waals surface area (Å²) in [7, 11) is 0. The Morgan fingerprint density at radius 2 is 1.84 bits per heavy atom. The van der Waals surface area contributed by atoms with Crippen LogP contribution in [0, 0.1) is 11.6 Å². The average Bonchev–Trinajstić information content (AvgIpc) is 2.87. The minimum absolute atomic E-state index is 0.452. The summed E-state index contributed by atoms with van der Waals surface area (Å²) in [5, 5.41) is 4.29. The van der Waals surface area contributed by atoms with Gasteiger partial charge in [0.25, 0.3) is 0 Å². The molecule has 0 spiro atoms. The minimum atomic E-state index is -0.822. The second-order valence-electron chi connectivity index (χ2n) is 4.38. The van der Waals surface area contributed by atoms with E-state index in [0.717, 1.165) is 22.7 Å². The number of hydrogen-bond donors (Lipinski definition) is 2. The Morgan fingerprint density at radius 3 is 2.68 bits per heavy atom. The van der Waals surface area contributed by atoms with E-state index in [1.807, 2.05) is 30.5 Å². The maximum Gasteiger partial charge on any atom is 0.159 e. The largest absolute Gasteiger partial charge is 0.381 e. The summed E-state index contributed by atoms with van der Waals surface area (Å²) in [4.78, 5) is 3.12. The molecule has 0 fully saturated rings. The van der Waals surface area contributed by atoms with Gasteiger partial charge in [0.1, 0.15) is 0 Å². The predicted molar refractivity (Wildman–Crippen MR) is 72.0 cm³/mol. The molecule has 96 valence electrons. The van der Waals surface area contributed by atoms with E-state index in [-0.39, 0.29) is 0 Å². The number of hydrogen-bond acceptors (Lipinski definition) is 1. The molecule has 0 atom stereocenters.